The van der Waals surface area contributed by atoms with E-state index >= 15 is 0 Å². The van der Waals surface area contributed by atoms with E-state index in [0.29, 0.717) is 49.2 Å². The third kappa shape index (κ3) is 5.41. The Morgan fingerprint density at radius 2 is 1.69 bits per heavy atom. The summed E-state index contributed by atoms with van der Waals surface area (Å²) in [5, 5.41) is 40.4. The number of aryl methyl sites for hydroxylation is 2. The number of hydrogen-bond acceptors (Lipinski definition) is 10. The number of hydrogen-bond donors (Lipinski definition) is 3. The van der Waals surface area contributed by atoms with E-state index in [9.17, 15) is 29.9 Å². The first-order valence-electron chi connectivity index (χ1n) is 14.2. The van der Waals surface area contributed by atoms with Gasteiger partial charge in [0.1, 0.15) is 19.3 Å². The molecule has 2 aliphatic heterocycles. The lowest BCUT2D eigenvalue weighted by Crippen LogP contribution is -2.46. The number of carbonyl (C=O) groups is 3. The van der Waals surface area contributed by atoms with Gasteiger partial charge in [0.25, 0.3) is 0 Å². The summed E-state index contributed by atoms with van der Waals surface area (Å²) in [5.74, 6) is -0.396. The molecule has 11 nitrogen and oxygen atoms in total. The molecule has 3 N–H and O–H groups in total. The summed E-state index contributed by atoms with van der Waals surface area (Å²) < 4.78 is 0. The van der Waals surface area contributed by atoms with Crippen LogP contribution in [0.15, 0.2) is 51.6 Å². The molecule has 11 heteroatoms. The summed E-state index contributed by atoms with van der Waals surface area (Å²) in [5.41, 5.74) is 3.43. The number of ketones is 2. The number of aliphatic hydroxyl groups excluding tert-OH is 2. The highest BCUT2D eigenvalue weighted by Gasteiger charge is 2.46. The Bertz CT molecular complexity index is 1440. The van der Waals surface area contributed by atoms with E-state index in [1.54, 1.807) is 29.2 Å². The number of fused-ring (bicyclic) bond motifs is 2. The van der Waals surface area contributed by atoms with Gasteiger partial charge in [0.2, 0.25) is 5.91 Å². The van der Waals surface area contributed by atoms with Crippen LogP contribution in [0.4, 0.5) is 0 Å². The molecule has 218 valence electrons. The Kier molecular flexibility index (Phi) is 8.68. The number of aliphatic imine (C=N–C) groups is 1. The van der Waals surface area contributed by atoms with Gasteiger partial charge in [-0.05, 0) is 73.4 Å². The van der Waals surface area contributed by atoms with Crippen molar-refractivity contribution in [3.63, 3.8) is 0 Å². The van der Waals surface area contributed by atoms with E-state index in [4.69, 9.17) is 0 Å². The summed E-state index contributed by atoms with van der Waals surface area (Å²) in [4.78, 5) is 44.2. The number of amides is 1. The number of nitrogens with one attached hydrogen (secondary N) is 1. The molecule has 1 aliphatic carbocycles. The molecule has 2 heterocycles. The van der Waals surface area contributed by atoms with Gasteiger partial charge in [-0.1, -0.05) is 24.3 Å². The Balaban J connectivity index is 1.58. The molecule has 3 aliphatic rings. The predicted molar refractivity (Wildman–Crippen MR) is 153 cm³/mol. The number of aliphatic hydroxyl groups is 2. The fraction of sp³-hybridized carbons (Fsp3) is 0.452. The molecule has 1 amide bonds. The summed E-state index contributed by atoms with van der Waals surface area (Å²) in [6.07, 6.45) is 3.04. The molecular weight excluding hydrogens is 536 g/mol. The highest BCUT2D eigenvalue weighted by Crippen LogP contribution is 2.46. The number of amidine groups is 1. The molecule has 0 unspecified atom stereocenters. The average molecular weight is 571 g/mol. The number of Topliss-reactive ketones (excluding diaryl/α,β-unsaturated/α-hetero) is 2. The van der Waals surface area contributed by atoms with Crippen molar-refractivity contribution in [3.05, 3.63) is 69.8 Å². The van der Waals surface area contributed by atoms with E-state index in [2.05, 4.69) is 26.6 Å². The van der Waals surface area contributed by atoms with Crippen molar-refractivity contribution in [3.8, 4) is 6.07 Å². The maximum absolute atomic E-state index is 13.0. The fourth-order valence-electron chi connectivity index (χ4n) is 6.47. The number of benzene rings is 2. The smallest absolute Gasteiger partial charge is 0.237 e. The minimum Gasteiger partial charge on any atom is -0.388 e. The van der Waals surface area contributed by atoms with E-state index in [1.807, 2.05) is 19.1 Å². The molecule has 0 spiro atoms. The maximum Gasteiger partial charge on any atom is 0.237 e. The first kappa shape index (κ1) is 29.4. The van der Waals surface area contributed by atoms with E-state index in [0.717, 1.165) is 28.7 Å². The van der Waals surface area contributed by atoms with E-state index in [-0.39, 0.29) is 36.7 Å². The molecule has 0 saturated carbocycles. The second-order valence-electron chi connectivity index (χ2n) is 11.0. The first-order valence-corrected chi connectivity index (χ1v) is 14.2. The Morgan fingerprint density at radius 1 is 1.07 bits per heavy atom. The second-order valence-corrected chi connectivity index (χ2v) is 11.0. The van der Waals surface area contributed by atoms with Gasteiger partial charge in [0.05, 0.1) is 18.0 Å². The number of nitriles is 1. The second kappa shape index (κ2) is 12.4. The SMILES string of the molecule is C[C@@H](CC1(C2=NCN=N2)c2ccc(C(=O)CO)cc2CCc2cc(C(=O)CO)ccc21)NCC(=O)N1CCC[C@H]1C#N. The van der Waals surface area contributed by atoms with Gasteiger partial charge in [-0.25, -0.2) is 4.99 Å². The van der Waals surface area contributed by atoms with Crippen LogP contribution in [0.3, 0.4) is 0 Å². The van der Waals surface area contributed by atoms with Crippen LogP contribution in [-0.2, 0) is 23.1 Å². The Morgan fingerprint density at radius 3 is 2.21 bits per heavy atom. The maximum atomic E-state index is 13.0. The number of azo groups is 1. The first-order chi connectivity index (χ1) is 20.3. The van der Waals surface area contributed by atoms with Crippen LogP contribution in [0.25, 0.3) is 0 Å². The lowest BCUT2D eigenvalue weighted by Gasteiger charge is -2.37. The van der Waals surface area contributed by atoms with Crippen LogP contribution in [0.1, 0.15) is 69.2 Å². The van der Waals surface area contributed by atoms with Gasteiger partial charge in [-0.3, -0.25) is 14.4 Å². The van der Waals surface area contributed by atoms with Gasteiger partial charge in [0.15, 0.2) is 24.1 Å². The highest BCUT2D eigenvalue weighted by atomic mass is 16.3. The summed E-state index contributed by atoms with van der Waals surface area (Å²) in [6.45, 7) is 1.59. The number of nitrogens with zero attached hydrogens (tertiary/aromatic N) is 5. The molecule has 1 saturated heterocycles. The lowest BCUT2D eigenvalue weighted by molar-refractivity contribution is -0.130. The normalized spacial score (nSPS) is 19.3. The third-order valence-corrected chi connectivity index (χ3v) is 8.49. The van der Waals surface area contributed by atoms with Gasteiger partial charge in [-0.15, -0.1) is 5.11 Å². The molecule has 42 heavy (non-hydrogen) atoms. The van der Waals surface area contributed by atoms with Crippen LogP contribution < -0.4 is 5.32 Å². The van der Waals surface area contributed by atoms with Gasteiger partial charge in [-0.2, -0.15) is 10.4 Å². The molecule has 0 bridgehead atoms. The summed E-state index contributed by atoms with van der Waals surface area (Å²) in [6, 6.07) is 12.4. The zero-order chi connectivity index (χ0) is 29.9. The Hall–Kier alpha value is -4.11. The third-order valence-electron chi connectivity index (χ3n) is 8.49. The van der Waals surface area contributed by atoms with E-state index in [1.165, 1.54) is 0 Å². The average Bonchev–Trinajstić information content (AvgIpc) is 3.71. The zero-order valence-corrected chi connectivity index (χ0v) is 23.5. The van der Waals surface area contributed by atoms with Crippen molar-refractivity contribution >= 4 is 23.3 Å². The molecule has 2 atom stereocenters. The molecule has 5 rings (SSSR count). The lowest BCUT2D eigenvalue weighted by atomic mass is 9.67. The van der Waals surface area contributed by atoms with Crippen LogP contribution in [0.2, 0.25) is 0 Å². The standard InChI is InChI=1S/C31H34N6O5/c1-19(33-15-29(42)37-10-2-3-24(37)14-32)13-31(30-34-18-35-36-30)25-8-6-22(27(40)16-38)11-20(25)4-5-21-12-23(28(41)17-39)7-9-26(21)31/h6-9,11-12,19,24,33,38-39H,2-5,10,13,15-18H2,1H3/t19-,24-/m0/s1. The minimum atomic E-state index is -0.930. The Labute approximate surface area is 244 Å². The van der Waals surface area contributed by atoms with Crippen molar-refractivity contribution in [1.29, 1.82) is 5.26 Å². The molecular formula is C31H34N6O5. The highest BCUT2D eigenvalue weighted by molar-refractivity contribution is 6.01. The van der Waals surface area contributed by atoms with Crippen molar-refractivity contribution in [1.82, 2.24) is 10.2 Å². The summed E-state index contributed by atoms with van der Waals surface area (Å²) in [7, 11) is 0. The quantitative estimate of drug-likeness (QED) is 0.368. The molecule has 0 radical (unpaired) electrons. The number of carbonyl (C=O) groups excluding carboxylic acids is 3. The van der Waals surface area contributed by atoms with Crippen molar-refractivity contribution in [2.75, 3.05) is 33.0 Å². The van der Waals surface area contributed by atoms with Crippen LogP contribution >= 0.6 is 0 Å². The fourth-order valence-corrected chi connectivity index (χ4v) is 6.47. The molecule has 1 fully saturated rings. The van der Waals surface area contributed by atoms with Crippen LogP contribution in [0, 0.1) is 11.3 Å². The topological polar surface area (TPSA) is 168 Å². The van der Waals surface area contributed by atoms with E-state index < -0.39 is 24.7 Å². The summed E-state index contributed by atoms with van der Waals surface area (Å²) >= 11 is 0. The predicted octanol–water partition coefficient (Wildman–Crippen LogP) is 2.13. The van der Waals surface area contributed by atoms with Crippen molar-refractivity contribution < 1.29 is 24.6 Å². The number of likely N-dealkylation sites (tertiary alicyclic amines) is 1. The van der Waals surface area contributed by atoms with Gasteiger partial charge >= 0.3 is 0 Å². The zero-order valence-electron chi connectivity index (χ0n) is 23.5. The largest absolute Gasteiger partial charge is 0.388 e. The van der Waals surface area contributed by atoms with Gasteiger partial charge in [0, 0.05) is 23.7 Å². The minimum absolute atomic E-state index is 0.0665. The molecule has 0 aromatic heterocycles. The number of rotatable bonds is 10. The van der Waals surface area contributed by atoms with Crippen molar-refractivity contribution in [2.45, 2.75) is 56.5 Å². The van der Waals surface area contributed by atoms with Crippen LogP contribution in [-0.4, -0.2) is 83.5 Å². The molecule has 2 aromatic carbocycles. The van der Waals surface area contributed by atoms with Crippen molar-refractivity contribution in [2.24, 2.45) is 15.2 Å². The molecule has 2 aromatic rings. The van der Waals surface area contributed by atoms with Crippen LogP contribution in [0.5, 0.6) is 0 Å². The van der Waals surface area contributed by atoms with Gasteiger partial charge < -0.3 is 20.4 Å². The monoisotopic (exact) mass is 570 g/mol.